The lowest BCUT2D eigenvalue weighted by molar-refractivity contribution is 0.0958. The number of unbranched alkanes of at least 4 members (excludes halogenated alkanes) is 1. The standard InChI is InChI=1S/C25H27N3O2S/c1-19-8-6-9-20(18-19)30-16-5-4-15-28-22-11-3-2-10-21(22)27-24(28)13-14-26-25(29)23-12-7-17-31-23/h2-3,6-12,17-18H,4-5,13-16H2,1H3,(H,26,29). The van der Waals surface area contributed by atoms with Crippen molar-refractivity contribution in [2.45, 2.75) is 32.7 Å². The molecular formula is C25H27N3O2S. The van der Waals surface area contributed by atoms with E-state index in [0.717, 1.165) is 46.9 Å². The number of rotatable bonds is 10. The van der Waals surface area contributed by atoms with Crippen molar-refractivity contribution >= 4 is 28.3 Å². The van der Waals surface area contributed by atoms with Gasteiger partial charge in [0.1, 0.15) is 11.6 Å². The molecule has 0 aliphatic heterocycles. The van der Waals surface area contributed by atoms with Crippen LogP contribution in [0.2, 0.25) is 0 Å². The second-order valence-corrected chi connectivity index (χ2v) is 8.47. The highest BCUT2D eigenvalue weighted by Crippen LogP contribution is 2.18. The van der Waals surface area contributed by atoms with Gasteiger partial charge in [-0.3, -0.25) is 4.79 Å². The Balaban J connectivity index is 1.33. The zero-order valence-corrected chi connectivity index (χ0v) is 18.5. The lowest BCUT2D eigenvalue weighted by atomic mass is 10.2. The first kappa shape index (κ1) is 21.1. The summed E-state index contributed by atoms with van der Waals surface area (Å²) in [6.07, 6.45) is 2.67. The predicted molar refractivity (Wildman–Crippen MR) is 126 cm³/mol. The van der Waals surface area contributed by atoms with E-state index < -0.39 is 0 Å². The molecule has 1 amide bonds. The van der Waals surface area contributed by atoms with E-state index in [1.165, 1.54) is 16.9 Å². The second kappa shape index (κ2) is 10.3. The summed E-state index contributed by atoms with van der Waals surface area (Å²) in [5.41, 5.74) is 3.35. The molecule has 1 N–H and O–H groups in total. The number of benzene rings is 2. The summed E-state index contributed by atoms with van der Waals surface area (Å²) < 4.78 is 8.16. The van der Waals surface area contributed by atoms with E-state index in [0.29, 0.717) is 19.6 Å². The van der Waals surface area contributed by atoms with Crippen LogP contribution in [0.3, 0.4) is 0 Å². The third kappa shape index (κ3) is 5.52. The monoisotopic (exact) mass is 433 g/mol. The lowest BCUT2D eigenvalue weighted by Gasteiger charge is -2.11. The highest BCUT2D eigenvalue weighted by atomic mass is 32.1. The van der Waals surface area contributed by atoms with Crippen LogP contribution >= 0.6 is 11.3 Å². The molecule has 2 aromatic heterocycles. The van der Waals surface area contributed by atoms with Gasteiger partial charge in [0.15, 0.2) is 0 Å². The Labute approximate surface area is 186 Å². The summed E-state index contributed by atoms with van der Waals surface area (Å²) in [5, 5.41) is 4.92. The summed E-state index contributed by atoms with van der Waals surface area (Å²) in [6.45, 7) is 4.21. The first-order chi connectivity index (χ1) is 15.2. The molecule has 0 aliphatic rings. The molecule has 0 bridgehead atoms. The number of imidazole rings is 1. The summed E-state index contributed by atoms with van der Waals surface area (Å²) in [4.78, 5) is 17.7. The number of carbonyl (C=O) groups excluding carboxylic acids is 1. The van der Waals surface area contributed by atoms with Crippen LogP contribution in [0.25, 0.3) is 11.0 Å². The molecule has 2 heterocycles. The smallest absolute Gasteiger partial charge is 0.261 e. The largest absolute Gasteiger partial charge is 0.494 e. The van der Waals surface area contributed by atoms with E-state index in [-0.39, 0.29) is 5.91 Å². The number of carbonyl (C=O) groups is 1. The number of para-hydroxylation sites is 2. The van der Waals surface area contributed by atoms with Crippen LogP contribution in [0.15, 0.2) is 66.0 Å². The Morgan fingerprint density at radius 1 is 1.10 bits per heavy atom. The molecule has 6 heteroatoms. The van der Waals surface area contributed by atoms with Crippen molar-refractivity contribution < 1.29 is 9.53 Å². The van der Waals surface area contributed by atoms with E-state index >= 15 is 0 Å². The van der Waals surface area contributed by atoms with Crippen molar-refractivity contribution in [3.05, 3.63) is 82.3 Å². The number of nitrogens with one attached hydrogen (secondary N) is 1. The average Bonchev–Trinajstić information content (AvgIpc) is 3.42. The first-order valence-corrected chi connectivity index (χ1v) is 11.5. The lowest BCUT2D eigenvalue weighted by Crippen LogP contribution is -2.25. The van der Waals surface area contributed by atoms with Crippen LogP contribution in [0, 0.1) is 6.92 Å². The van der Waals surface area contributed by atoms with Gasteiger partial charge in [-0.25, -0.2) is 4.98 Å². The third-order valence-corrected chi connectivity index (χ3v) is 6.02. The molecule has 4 rings (SSSR count). The quantitative estimate of drug-likeness (QED) is 0.348. The fourth-order valence-corrected chi connectivity index (χ4v) is 4.26. The molecule has 0 saturated heterocycles. The highest BCUT2D eigenvalue weighted by Gasteiger charge is 2.11. The number of thiophene rings is 1. The molecule has 0 radical (unpaired) electrons. The Hall–Kier alpha value is -3.12. The Kier molecular flexibility index (Phi) is 6.99. The predicted octanol–water partition coefficient (Wildman–Crippen LogP) is 5.24. The molecule has 4 aromatic rings. The minimum absolute atomic E-state index is 0.0223. The van der Waals surface area contributed by atoms with Crippen molar-refractivity contribution in [3.63, 3.8) is 0 Å². The second-order valence-electron chi connectivity index (χ2n) is 7.52. The number of amides is 1. The van der Waals surface area contributed by atoms with Crippen molar-refractivity contribution in [3.8, 4) is 5.75 Å². The molecule has 0 fully saturated rings. The minimum Gasteiger partial charge on any atom is -0.494 e. The fraction of sp³-hybridized carbons (Fsp3) is 0.280. The summed E-state index contributed by atoms with van der Waals surface area (Å²) >= 11 is 1.45. The van der Waals surface area contributed by atoms with Crippen molar-refractivity contribution in [1.82, 2.24) is 14.9 Å². The molecule has 0 saturated carbocycles. The van der Waals surface area contributed by atoms with Gasteiger partial charge in [-0.15, -0.1) is 11.3 Å². The zero-order valence-electron chi connectivity index (χ0n) is 17.7. The summed E-state index contributed by atoms with van der Waals surface area (Å²) in [6, 6.07) is 20.1. The number of nitrogens with zero attached hydrogens (tertiary/aromatic N) is 2. The maximum absolute atomic E-state index is 12.2. The van der Waals surface area contributed by atoms with Gasteiger partial charge in [0, 0.05) is 19.5 Å². The Morgan fingerprint density at radius 2 is 2.00 bits per heavy atom. The van der Waals surface area contributed by atoms with Crippen molar-refractivity contribution in [2.24, 2.45) is 0 Å². The number of hydrogen-bond donors (Lipinski definition) is 1. The topological polar surface area (TPSA) is 56.1 Å². The maximum Gasteiger partial charge on any atom is 0.261 e. The molecule has 160 valence electrons. The molecule has 5 nitrogen and oxygen atoms in total. The number of fused-ring (bicyclic) bond motifs is 1. The molecule has 0 aliphatic carbocycles. The van der Waals surface area contributed by atoms with Crippen molar-refractivity contribution in [1.29, 1.82) is 0 Å². The van der Waals surface area contributed by atoms with Crippen LogP contribution in [0.5, 0.6) is 5.75 Å². The van der Waals surface area contributed by atoms with Crippen LogP contribution in [0.4, 0.5) is 0 Å². The third-order valence-electron chi connectivity index (χ3n) is 5.15. The normalized spacial score (nSPS) is 11.0. The maximum atomic E-state index is 12.2. The van der Waals surface area contributed by atoms with E-state index in [2.05, 4.69) is 35.0 Å². The van der Waals surface area contributed by atoms with Crippen LogP contribution in [0.1, 0.15) is 33.9 Å². The van der Waals surface area contributed by atoms with E-state index in [4.69, 9.17) is 9.72 Å². The molecule has 0 spiro atoms. The van der Waals surface area contributed by atoms with E-state index in [9.17, 15) is 4.79 Å². The van der Waals surface area contributed by atoms with Gasteiger partial charge in [-0.2, -0.15) is 0 Å². The van der Waals surface area contributed by atoms with Crippen LogP contribution < -0.4 is 10.1 Å². The molecule has 2 aromatic carbocycles. The minimum atomic E-state index is -0.0223. The van der Waals surface area contributed by atoms with Crippen LogP contribution in [-0.2, 0) is 13.0 Å². The number of ether oxygens (including phenoxy) is 1. The zero-order chi connectivity index (χ0) is 21.5. The average molecular weight is 434 g/mol. The van der Waals surface area contributed by atoms with Crippen LogP contribution in [-0.4, -0.2) is 28.6 Å². The van der Waals surface area contributed by atoms with Gasteiger partial charge in [0.2, 0.25) is 0 Å². The summed E-state index contributed by atoms with van der Waals surface area (Å²) in [5.74, 6) is 1.91. The van der Waals surface area contributed by atoms with Gasteiger partial charge >= 0.3 is 0 Å². The van der Waals surface area contributed by atoms with Gasteiger partial charge in [-0.1, -0.05) is 30.3 Å². The van der Waals surface area contributed by atoms with Gasteiger partial charge in [-0.05, 0) is 61.0 Å². The van der Waals surface area contributed by atoms with Crippen molar-refractivity contribution in [2.75, 3.05) is 13.2 Å². The molecular weight excluding hydrogens is 406 g/mol. The first-order valence-electron chi connectivity index (χ1n) is 10.7. The number of hydrogen-bond acceptors (Lipinski definition) is 4. The molecule has 0 unspecified atom stereocenters. The van der Waals surface area contributed by atoms with Gasteiger partial charge in [0.25, 0.3) is 5.91 Å². The highest BCUT2D eigenvalue weighted by molar-refractivity contribution is 7.12. The van der Waals surface area contributed by atoms with E-state index in [1.54, 1.807) is 0 Å². The van der Waals surface area contributed by atoms with Gasteiger partial charge in [0.05, 0.1) is 22.5 Å². The van der Waals surface area contributed by atoms with E-state index in [1.807, 2.05) is 47.8 Å². The SMILES string of the molecule is Cc1cccc(OCCCCn2c(CCNC(=O)c3cccs3)nc3ccccc32)c1. The fourth-order valence-electron chi connectivity index (χ4n) is 3.62. The Bertz CT molecular complexity index is 1130. The number of aryl methyl sites for hydroxylation is 2. The Morgan fingerprint density at radius 3 is 2.84 bits per heavy atom. The van der Waals surface area contributed by atoms with Gasteiger partial charge < -0.3 is 14.6 Å². The number of aromatic nitrogens is 2. The molecule has 0 atom stereocenters. The summed E-state index contributed by atoms with van der Waals surface area (Å²) in [7, 11) is 0. The molecule has 31 heavy (non-hydrogen) atoms.